The molecular formula is C13H26O2. The fourth-order valence-electron chi connectivity index (χ4n) is 1.94. The lowest BCUT2D eigenvalue weighted by molar-refractivity contribution is -0.168. The van der Waals surface area contributed by atoms with Gasteiger partial charge in [0.05, 0.1) is 6.61 Å². The van der Waals surface area contributed by atoms with Crippen LogP contribution >= 0.6 is 0 Å². The Hall–Kier alpha value is -0.0800. The van der Waals surface area contributed by atoms with E-state index in [0.717, 1.165) is 19.6 Å². The monoisotopic (exact) mass is 214 g/mol. The van der Waals surface area contributed by atoms with Crippen LogP contribution in [0.25, 0.3) is 0 Å². The number of rotatable bonds is 7. The van der Waals surface area contributed by atoms with Gasteiger partial charge in [0.1, 0.15) is 0 Å². The second-order valence-corrected chi connectivity index (χ2v) is 4.73. The Morgan fingerprint density at radius 1 is 1.33 bits per heavy atom. The van der Waals surface area contributed by atoms with Crippen molar-refractivity contribution in [2.75, 3.05) is 13.2 Å². The van der Waals surface area contributed by atoms with E-state index in [1.807, 2.05) is 0 Å². The zero-order valence-electron chi connectivity index (χ0n) is 10.3. The molecule has 1 rings (SSSR count). The van der Waals surface area contributed by atoms with Gasteiger partial charge < -0.3 is 9.47 Å². The maximum atomic E-state index is 5.75. The van der Waals surface area contributed by atoms with Crippen LogP contribution in [-0.2, 0) is 9.47 Å². The highest BCUT2D eigenvalue weighted by molar-refractivity contribution is 4.57. The van der Waals surface area contributed by atoms with Crippen LogP contribution in [0.15, 0.2) is 0 Å². The molecule has 0 aromatic heterocycles. The van der Waals surface area contributed by atoms with Crippen LogP contribution in [-0.4, -0.2) is 19.5 Å². The molecule has 0 saturated carbocycles. The van der Waals surface area contributed by atoms with Gasteiger partial charge in [0.15, 0.2) is 6.29 Å². The van der Waals surface area contributed by atoms with E-state index in [4.69, 9.17) is 9.47 Å². The summed E-state index contributed by atoms with van der Waals surface area (Å²) in [5.41, 5.74) is 0. The van der Waals surface area contributed by atoms with Crippen molar-refractivity contribution in [3.05, 3.63) is 0 Å². The van der Waals surface area contributed by atoms with Gasteiger partial charge in [-0.25, -0.2) is 0 Å². The van der Waals surface area contributed by atoms with Gasteiger partial charge in [-0.2, -0.15) is 0 Å². The largest absolute Gasteiger partial charge is 0.353 e. The molecular weight excluding hydrogens is 188 g/mol. The fourth-order valence-corrected chi connectivity index (χ4v) is 1.94. The van der Waals surface area contributed by atoms with Crippen molar-refractivity contribution >= 4 is 0 Å². The first-order chi connectivity index (χ1) is 7.33. The molecule has 1 fully saturated rings. The van der Waals surface area contributed by atoms with Crippen LogP contribution in [0.1, 0.15) is 58.8 Å². The summed E-state index contributed by atoms with van der Waals surface area (Å²) >= 11 is 0. The number of hydrogen-bond acceptors (Lipinski definition) is 2. The molecule has 0 aromatic carbocycles. The first-order valence-corrected chi connectivity index (χ1v) is 6.56. The van der Waals surface area contributed by atoms with E-state index in [1.165, 1.54) is 38.5 Å². The molecule has 90 valence electrons. The van der Waals surface area contributed by atoms with Crippen LogP contribution in [0.4, 0.5) is 0 Å². The van der Waals surface area contributed by atoms with Crippen molar-refractivity contribution in [1.29, 1.82) is 0 Å². The van der Waals surface area contributed by atoms with Crippen molar-refractivity contribution in [2.45, 2.75) is 65.1 Å². The predicted octanol–water partition coefficient (Wildman–Crippen LogP) is 3.75. The summed E-state index contributed by atoms with van der Waals surface area (Å²) in [6.07, 6.45) is 8.92. The number of ether oxygens (including phenoxy) is 2. The molecule has 1 unspecified atom stereocenters. The van der Waals surface area contributed by atoms with Crippen LogP contribution in [0.5, 0.6) is 0 Å². The van der Waals surface area contributed by atoms with Gasteiger partial charge in [0.25, 0.3) is 0 Å². The summed E-state index contributed by atoms with van der Waals surface area (Å²) in [4.78, 5) is 0. The highest BCUT2D eigenvalue weighted by atomic mass is 16.7. The topological polar surface area (TPSA) is 18.5 Å². The van der Waals surface area contributed by atoms with Crippen LogP contribution in [0, 0.1) is 5.92 Å². The van der Waals surface area contributed by atoms with Crippen LogP contribution in [0.3, 0.4) is 0 Å². The molecule has 0 spiro atoms. The van der Waals surface area contributed by atoms with Crippen molar-refractivity contribution in [3.63, 3.8) is 0 Å². The predicted molar refractivity (Wildman–Crippen MR) is 62.8 cm³/mol. The van der Waals surface area contributed by atoms with Gasteiger partial charge in [0, 0.05) is 6.61 Å². The van der Waals surface area contributed by atoms with Gasteiger partial charge in [-0.3, -0.25) is 0 Å². The second-order valence-electron chi connectivity index (χ2n) is 4.73. The summed E-state index contributed by atoms with van der Waals surface area (Å²) in [7, 11) is 0. The lowest BCUT2D eigenvalue weighted by Gasteiger charge is -2.24. The second kappa shape index (κ2) is 8.12. The first-order valence-electron chi connectivity index (χ1n) is 6.56. The van der Waals surface area contributed by atoms with Crippen molar-refractivity contribution in [3.8, 4) is 0 Å². The molecule has 1 aliphatic heterocycles. The maximum absolute atomic E-state index is 5.75. The molecule has 0 bridgehead atoms. The van der Waals surface area contributed by atoms with Crippen molar-refractivity contribution < 1.29 is 9.47 Å². The molecule has 0 aromatic rings. The van der Waals surface area contributed by atoms with Gasteiger partial charge in [-0.1, -0.05) is 33.1 Å². The van der Waals surface area contributed by atoms with E-state index < -0.39 is 0 Å². The molecule has 2 heteroatoms. The van der Waals surface area contributed by atoms with E-state index in [0.29, 0.717) is 5.92 Å². The summed E-state index contributed by atoms with van der Waals surface area (Å²) < 4.78 is 11.3. The Kier molecular flexibility index (Phi) is 7.03. The summed E-state index contributed by atoms with van der Waals surface area (Å²) in [5, 5.41) is 0. The third-order valence-electron chi connectivity index (χ3n) is 3.01. The normalized spacial score (nSPS) is 24.0. The molecule has 0 amide bonds. The molecule has 2 nitrogen and oxygen atoms in total. The smallest absolute Gasteiger partial charge is 0.157 e. The number of unbranched alkanes of at least 4 members (excludes halogenated alkanes) is 2. The van der Waals surface area contributed by atoms with Gasteiger partial charge in [-0.15, -0.1) is 0 Å². The lowest BCUT2D eigenvalue weighted by atomic mass is 10.0. The van der Waals surface area contributed by atoms with Gasteiger partial charge >= 0.3 is 0 Å². The summed E-state index contributed by atoms with van der Waals surface area (Å²) in [5.74, 6) is 0.682. The molecule has 0 N–H and O–H groups in total. The highest BCUT2D eigenvalue weighted by Gasteiger charge is 2.14. The number of hydrogen-bond donors (Lipinski definition) is 0. The third-order valence-corrected chi connectivity index (χ3v) is 3.01. The average molecular weight is 214 g/mol. The summed E-state index contributed by atoms with van der Waals surface area (Å²) in [6, 6.07) is 0. The van der Waals surface area contributed by atoms with Gasteiger partial charge in [0.2, 0.25) is 0 Å². The molecule has 1 heterocycles. The van der Waals surface area contributed by atoms with E-state index in [1.54, 1.807) is 0 Å². The third kappa shape index (κ3) is 6.16. The molecule has 0 radical (unpaired) electrons. The standard InChI is InChI=1S/C13H26O2/c1-3-4-5-8-12(2)11-15-13-9-6-7-10-14-13/h12-13H,3-11H2,1-2H3/t12-,13?/m1/s1. The zero-order valence-corrected chi connectivity index (χ0v) is 10.3. The Balaban J connectivity index is 1.97. The molecule has 15 heavy (non-hydrogen) atoms. The van der Waals surface area contributed by atoms with E-state index in [9.17, 15) is 0 Å². The minimum absolute atomic E-state index is 0.0902. The Bertz CT molecular complexity index is 141. The first kappa shape index (κ1) is 13.0. The van der Waals surface area contributed by atoms with Crippen molar-refractivity contribution in [1.82, 2.24) is 0 Å². The van der Waals surface area contributed by atoms with Crippen LogP contribution in [0.2, 0.25) is 0 Å². The fraction of sp³-hybridized carbons (Fsp3) is 1.00. The SMILES string of the molecule is CCCCC[C@@H](C)COC1CCCCO1. The quantitative estimate of drug-likeness (QED) is 0.601. The van der Waals surface area contributed by atoms with Gasteiger partial charge in [-0.05, 0) is 31.6 Å². The molecule has 0 aliphatic carbocycles. The van der Waals surface area contributed by atoms with E-state index >= 15 is 0 Å². The minimum Gasteiger partial charge on any atom is -0.353 e. The van der Waals surface area contributed by atoms with Crippen LogP contribution < -0.4 is 0 Å². The highest BCUT2D eigenvalue weighted by Crippen LogP contribution is 2.16. The molecule has 2 atom stereocenters. The Morgan fingerprint density at radius 3 is 2.87 bits per heavy atom. The lowest BCUT2D eigenvalue weighted by Crippen LogP contribution is -2.24. The Labute approximate surface area is 94.3 Å². The zero-order chi connectivity index (χ0) is 10.9. The molecule has 1 aliphatic rings. The summed E-state index contributed by atoms with van der Waals surface area (Å²) in [6.45, 7) is 6.28. The molecule has 1 saturated heterocycles. The maximum Gasteiger partial charge on any atom is 0.157 e. The van der Waals surface area contributed by atoms with E-state index in [-0.39, 0.29) is 6.29 Å². The minimum atomic E-state index is 0.0902. The Morgan fingerprint density at radius 2 is 2.20 bits per heavy atom. The van der Waals surface area contributed by atoms with E-state index in [2.05, 4.69) is 13.8 Å². The average Bonchev–Trinajstić information content (AvgIpc) is 2.28. The van der Waals surface area contributed by atoms with Crippen molar-refractivity contribution in [2.24, 2.45) is 5.92 Å².